The topological polar surface area (TPSA) is 9.23 Å². The van der Waals surface area contributed by atoms with Crippen molar-refractivity contribution in [3.63, 3.8) is 0 Å². The van der Waals surface area contributed by atoms with Crippen molar-refractivity contribution in [1.82, 2.24) is 0 Å². The van der Waals surface area contributed by atoms with Gasteiger partial charge in [-0.2, -0.15) is 0 Å². The summed E-state index contributed by atoms with van der Waals surface area (Å²) >= 11 is 0. The average molecular weight is 186 g/mol. The van der Waals surface area contributed by atoms with Crippen LogP contribution in [-0.4, -0.2) is 19.5 Å². The summed E-state index contributed by atoms with van der Waals surface area (Å²) in [7, 11) is 0.347. The van der Waals surface area contributed by atoms with Crippen molar-refractivity contribution >= 4 is 19.5 Å². The number of hydrogen-bond donors (Lipinski definition) is 0. The molecule has 0 aliphatic carbocycles. The normalized spacial score (nSPS) is 7.29. The molecule has 0 saturated carbocycles. The van der Waals surface area contributed by atoms with Crippen LogP contribution in [0, 0.1) is 0 Å². The molecule has 0 N–H and O–H groups in total. The first-order valence-electron chi connectivity index (χ1n) is 1.80. The quantitative estimate of drug-likeness (QED) is 0.370. The molecule has 36 valence electrons. The average Bonchev–Trinajstić information content (AvgIpc) is 1.38. The van der Waals surface area contributed by atoms with Crippen LogP contribution in [-0.2, 0) is 4.12 Å². The maximum Gasteiger partial charge on any atom is 1.00 e. The van der Waals surface area contributed by atoms with Gasteiger partial charge >= 0.3 is 103 Å². The summed E-state index contributed by atoms with van der Waals surface area (Å²) < 4.78 is 5.03. The largest absolute Gasteiger partial charge is 1.00 e. The summed E-state index contributed by atoms with van der Waals surface area (Å²) in [5, 5.41) is 0. The first-order valence-corrected chi connectivity index (χ1v) is 5.40. The Morgan fingerprint density at radius 1 is 1.43 bits per heavy atom. The summed E-state index contributed by atoms with van der Waals surface area (Å²) in [6.07, 6.45) is 0. The second-order valence-electron chi connectivity index (χ2n) is 1.28. The molecule has 0 radical (unpaired) electrons. The summed E-state index contributed by atoms with van der Waals surface area (Å²) in [6.45, 7) is 4.35. The molecule has 0 atom stereocenters. The molecule has 0 heterocycles. The van der Waals surface area contributed by atoms with Gasteiger partial charge in [-0.05, 0) is 13.1 Å². The van der Waals surface area contributed by atoms with Crippen LogP contribution in [0.25, 0.3) is 0 Å². The van der Waals surface area contributed by atoms with Crippen molar-refractivity contribution in [3.8, 4) is 0 Å². The van der Waals surface area contributed by atoms with Crippen molar-refractivity contribution in [3.05, 3.63) is 0 Å². The Balaban J connectivity index is -0.0000000133. The molecule has 0 spiro atoms. The van der Waals surface area contributed by atoms with Gasteiger partial charge in [-0.15, -0.1) is 0 Å². The van der Waals surface area contributed by atoms with Crippen molar-refractivity contribution in [2.75, 3.05) is 0 Å². The van der Waals surface area contributed by atoms with Crippen LogP contribution in [0.1, 0.15) is 2.85 Å². The van der Waals surface area contributed by atoms with E-state index in [-0.39, 0.29) is 106 Å². The molecule has 0 bridgehead atoms. The molecule has 0 unspecified atom stereocenters. The van der Waals surface area contributed by atoms with E-state index in [1.165, 1.54) is 0 Å². The zero-order chi connectivity index (χ0) is 4.28. The first-order chi connectivity index (χ1) is 2.27. The van der Waals surface area contributed by atoms with Crippen LogP contribution < -0.4 is 103 Å². The monoisotopic (exact) mass is 186 g/mol. The maximum absolute atomic E-state index is 5.03. The smallest absolute Gasteiger partial charge is 1.00 e. The Kier molecular flexibility index (Phi) is 29.9. The van der Waals surface area contributed by atoms with Crippen molar-refractivity contribution in [1.29, 1.82) is 0 Å². The van der Waals surface area contributed by atoms with E-state index in [1.807, 2.05) is 0 Å². The van der Waals surface area contributed by atoms with E-state index in [1.54, 1.807) is 0 Å². The minimum absolute atomic E-state index is 0. The van der Waals surface area contributed by atoms with Crippen LogP contribution in [0.4, 0.5) is 0 Å². The molecule has 0 amide bonds. The van der Waals surface area contributed by atoms with E-state index in [9.17, 15) is 0 Å². The number of rotatable bonds is 1. The van der Waals surface area contributed by atoms with Gasteiger partial charge in [-0.25, -0.2) is 0 Å². The zero-order valence-electron chi connectivity index (χ0n) is 7.99. The Morgan fingerprint density at radius 3 is 1.57 bits per heavy atom. The molecular formula is C2H12K2OSi2. The third-order valence-corrected chi connectivity index (χ3v) is 4.24. The van der Waals surface area contributed by atoms with Crippen molar-refractivity contribution in [2.24, 2.45) is 0 Å². The fourth-order valence-electron chi connectivity index (χ4n) is 0. The molecule has 0 aromatic heterocycles. The van der Waals surface area contributed by atoms with Gasteiger partial charge < -0.3 is 6.97 Å². The van der Waals surface area contributed by atoms with Gasteiger partial charge in [-0.1, -0.05) is 0 Å². The summed E-state index contributed by atoms with van der Waals surface area (Å²) in [5.41, 5.74) is 0. The Bertz CT molecular complexity index is 34.5. The third-order valence-electron chi connectivity index (χ3n) is 0.471. The molecule has 0 aromatic carbocycles. The summed E-state index contributed by atoms with van der Waals surface area (Å²) in [5.74, 6) is 0. The molecule has 0 aliphatic heterocycles. The van der Waals surface area contributed by atoms with Crippen LogP contribution in [0.5, 0.6) is 0 Å². The maximum atomic E-state index is 5.03. The van der Waals surface area contributed by atoms with Gasteiger partial charge in [0.25, 0.3) is 0 Å². The first kappa shape index (κ1) is 17.0. The van der Waals surface area contributed by atoms with Gasteiger partial charge in [-0.3, -0.25) is 0 Å². The Hall–Kier alpha value is 3.67. The van der Waals surface area contributed by atoms with Gasteiger partial charge in [0.05, 0.1) is 0 Å². The van der Waals surface area contributed by atoms with Gasteiger partial charge in [0, 0.05) is 0 Å². The Morgan fingerprint density at radius 2 is 1.57 bits per heavy atom. The summed E-state index contributed by atoms with van der Waals surface area (Å²) in [6, 6.07) is 0. The Labute approximate surface area is 138 Å². The van der Waals surface area contributed by atoms with E-state index in [0.717, 1.165) is 10.5 Å². The van der Waals surface area contributed by atoms with E-state index in [4.69, 9.17) is 4.12 Å². The van der Waals surface area contributed by atoms with Gasteiger partial charge in [0.15, 0.2) is 9.04 Å². The molecule has 7 heavy (non-hydrogen) atoms. The molecule has 0 fully saturated rings. The summed E-state index contributed by atoms with van der Waals surface area (Å²) in [4.78, 5) is 0. The second kappa shape index (κ2) is 12.4. The molecule has 0 rings (SSSR count). The van der Waals surface area contributed by atoms with Crippen molar-refractivity contribution < 1.29 is 110 Å². The van der Waals surface area contributed by atoms with Gasteiger partial charge in [0.1, 0.15) is 10.5 Å². The van der Waals surface area contributed by atoms with Crippen LogP contribution in [0.2, 0.25) is 13.1 Å². The van der Waals surface area contributed by atoms with E-state index in [2.05, 4.69) is 13.1 Å². The predicted molar refractivity (Wildman–Crippen MR) is 32.1 cm³/mol. The standard InChI is InChI=1S/C2H10OSi2.2K.2H/c1-5(2)3-4;;;;/h5H,1-2,4H3;;;;/q;2*+1;2*-1. The third kappa shape index (κ3) is 17.7. The second-order valence-corrected chi connectivity index (χ2v) is 5.27. The SMILES string of the molecule is C[SiH](C)O[SiH3].[H-].[H-].[K+].[K+]. The van der Waals surface area contributed by atoms with E-state index >= 15 is 0 Å². The molecule has 5 heteroatoms. The minimum atomic E-state index is -0.588. The van der Waals surface area contributed by atoms with Crippen molar-refractivity contribution in [2.45, 2.75) is 13.1 Å². The fourth-order valence-corrected chi connectivity index (χ4v) is 0. The van der Waals surface area contributed by atoms with Crippen LogP contribution in [0.3, 0.4) is 0 Å². The zero-order valence-corrected chi connectivity index (χ0v) is 15.4. The molecular weight excluding hydrogens is 174 g/mol. The minimum Gasteiger partial charge on any atom is -1.00 e. The molecule has 1 nitrogen and oxygen atoms in total. The number of hydrogen-bond acceptors (Lipinski definition) is 1. The van der Waals surface area contributed by atoms with Crippen LogP contribution in [0.15, 0.2) is 0 Å². The van der Waals surface area contributed by atoms with Crippen LogP contribution >= 0.6 is 0 Å². The predicted octanol–water partition coefficient (Wildman–Crippen LogP) is -6.50. The molecule has 0 aliphatic rings. The molecule has 0 aromatic rings. The van der Waals surface area contributed by atoms with E-state index in [0.29, 0.717) is 0 Å². The fraction of sp³-hybridized carbons (Fsp3) is 1.00. The van der Waals surface area contributed by atoms with E-state index < -0.39 is 9.04 Å². The van der Waals surface area contributed by atoms with Gasteiger partial charge in [0.2, 0.25) is 0 Å². The molecule has 0 saturated heterocycles.